The van der Waals surface area contributed by atoms with Crippen LogP contribution in [0, 0.1) is 0 Å². The zero-order valence-corrected chi connectivity index (χ0v) is 15.1. The van der Waals surface area contributed by atoms with Crippen LogP contribution in [0.1, 0.15) is 17.0 Å². The molecule has 0 radical (unpaired) electrons. The number of hydrogen-bond acceptors (Lipinski definition) is 8. The molecule has 0 unspecified atom stereocenters. The fourth-order valence-electron chi connectivity index (χ4n) is 2.97. The summed E-state index contributed by atoms with van der Waals surface area (Å²) in [5.74, 6) is 3.03. The summed E-state index contributed by atoms with van der Waals surface area (Å²) >= 11 is 0. The summed E-state index contributed by atoms with van der Waals surface area (Å²) in [5.41, 5.74) is 8.34. The van der Waals surface area contributed by atoms with Gasteiger partial charge in [-0.3, -0.25) is 4.90 Å². The van der Waals surface area contributed by atoms with E-state index in [1.54, 1.807) is 14.2 Å². The molecule has 8 nitrogen and oxygen atoms in total. The molecule has 2 aromatic rings. The van der Waals surface area contributed by atoms with E-state index in [-0.39, 0.29) is 5.95 Å². The Kier molecular flexibility index (Phi) is 4.89. The van der Waals surface area contributed by atoms with Crippen LogP contribution >= 0.6 is 0 Å². The van der Waals surface area contributed by atoms with E-state index < -0.39 is 0 Å². The van der Waals surface area contributed by atoms with Crippen LogP contribution in [0.4, 0.5) is 11.9 Å². The normalized spacial score (nSPS) is 14.1. The Morgan fingerprint density at radius 3 is 2.40 bits per heavy atom. The van der Waals surface area contributed by atoms with Crippen LogP contribution in [0.3, 0.4) is 0 Å². The van der Waals surface area contributed by atoms with Crippen molar-refractivity contribution in [2.75, 3.05) is 45.5 Å². The van der Waals surface area contributed by atoms with Gasteiger partial charge < -0.3 is 20.1 Å². The van der Waals surface area contributed by atoms with Gasteiger partial charge in [-0.25, -0.2) is 0 Å². The van der Waals surface area contributed by atoms with E-state index in [1.807, 2.05) is 25.1 Å². The predicted molar refractivity (Wildman–Crippen MR) is 95.9 cm³/mol. The maximum Gasteiger partial charge on any atom is 0.229 e. The Labute approximate surface area is 147 Å². The van der Waals surface area contributed by atoms with Crippen molar-refractivity contribution >= 4 is 11.9 Å². The third-order valence-electron chi connectivity index (χ3n) is 4.25. The molecule has 0 aliphatic carbocycles. The van der Waals surface area contributed by atoms with Crippen molar-refractivity contribution < 1.29 is 9.47 Å². The maximum atomic E-state index is 5.81. The van der Waals surface area contributed by atoms with Gasteiger partial charge in [-0.05, 0) is 29.7 Å². The van der Waals surface area contributed by atoms with E-state index in [4.69, 9.17) is 15.2 Å². The highest BCUT2D eigenvalue weighted by Gasteiger charge is 2.20. The van der Waals surface area contributed by atoms with E-state index in [0.29, 0.717) is 18.3 Å². The van der Waals surface area contributed by atoms with Gasteiger partial charge >= 0.3 is 0 Å². The molecule has 1 aliphatic heterocycles. The molecule has 0 bridgehead atoms. The van der Waals surface area contributed by atoms with Crippen molar-refractivity contribution in [1.82, 2.24) is 19.9 Å². The molecule has 1 aliphatic rings. The topological polar surface area (TPSA) is 89.6 Å². The van der Waals surface area contributed by atoms with Crippen LogP contribution < -0.4 is 20.1 Å². The molecule has 1 aromatic heterocycles. The lowest BCUT2D eigenvalue weighted by atomic mass is 9.99. The standard InChI is InChI=1S/C17H24N6O2/c1-22(2)17-20-15(19-16(18)21-17)10-23-6-5-11-7-13(24-3)14(25-4)8-12(11)9-23/h7-8H,5-6,9-10H2,1-4H3,(H2,18,19,20,21). The van der Waals surface area contributed by atoms with Gasteiger partial charge in [0.25, 0.3) is 0 Å². The first-order valence-corrected chi connectivity index (χ1v) is 8.14. The van der Waals surface area contributed by atoms with Crippen molar-refractivity contribution in [2.45, 2.75) is 19.5 Å². The Morgan fingerprint density at radius 1 is 1.08 bits per heavy atom. The van der Waals surface area contributed by atoms with Gasteiger partial charge in [0.15, 0.2) is 11.5 Å². The quantitative estimate of drug-likeness (QED) is 0.862. The summed E-state index contributed by atoms with van der Waals surface area (Å²) in [4.78, 5) is 17.0. The zero-order valence-electron chi connectivity index (χ0n) is 15.1. The smallest absolute Gasteiger partial charge is 0.229 e. The van der Waals surface area contributed by atoms with Crippen LogP contribution in [0.2, 0.25) is 0 Å². The highest BCUT2D eigenvalue weighted by atomic mass is 16.5. The number of aromatic nitrogens is 3. The highest BCUT2D eigenvalue weighted by molar-refractivity contribution is 5.48. The lowest BCUT2D eigenvalue weighted by Crippen LogP contribution is -2.31. The van der Waals surface area contributed by atoms with E-state index in [9.17, 15) is 0 Å². The molecule has 3 rings (SSSR count). The predicted octanol–water partition coefficient (Wildman–Crippen LogP) is 1.10. The lowest BCUT2D eigenvalue weighted by Gasteiger charge is -2.29. The number of nitrogen functional groups attached to an aromatic ring is 1. The van der Waals surface area contributed by atoms with Crippen LogP contribution in [0.25, 0.3) is 0 Å². The summed E-state index contributed by atoms with van der Waals surface area (Å²) in [5, 5.41) is 0. The van der Waals surface area contributed by atoms with Gasteiger partial charge in [0, 0.05) is 27.2 Å². The average Bonchev–Trinajstić information content (AvgIpc) is 2.59. The van der Waals surface area contributed by atoms with E-state index >= 15 is 0 Å². The van der Waals surface area contributed by atoms with Crippen molar-refractivity contribution in [1.29, 1.82) is 0 Å². The number of benzene rings is 1. The van der Waals surface area contributed by atoms with Crippen molar-refractivity contribution in [3.8, 4) is 11.5 Å². The van der Waals surface area contributed by atoms with Gasteiger partial charge in [-0.1, -0.05) is 0 Å². The molecule has 0 saturated carbocycles. The molecule has 0 amide bonds. The number of nitrogens with two attached hydrogens (primary N) is 1. The average molecular weight is 344 g/mol. The lowest BCUT2D eigenvalue weighted by molar-refractivity contribution is 0.238. The summed E-state index contributed by atoms with van der Waals surface area (Å²) in [7, 11) is 7.08. The Morgan fingerprint density at radius 2 is 1.76 bits per heavy atom. The molecule has 2 heterocycles. The maximum absolute atomic E-state index is 5.81. The Hall–Kier alpha value is -2.61. The molecule has 2 N–H and O–H groups in total. The number of methoxy groups -OCH3 is 2. The SMILES string of the molecule is COc1cc2c(cc1OC)CN(Cc1nc(N)nc(N(C)C)n1)CC2. The van der Waals surface area contributed by atoms with Gasteiger partial charge in [-0.2, -0.15) is 15.0 Å². The number of hydrogen-bond donors (Lipinski definition) is 1. The molecule has 1 aromatic carbocycles. The van der Waals surface area contributed by atoms with Crippen LogP contribution in [0.5, 0.6) is 11.5 Å². The van der Waals surface area contributed by atoms with Gasteiger partial charge in [0.1, 0.15) is 5.82 Å². The molecule has 134 valence electrons. The zero-order chi connectivity index (χ0) is 18.0. The van der Waals surface area contributed by atoms with Crippen molar-refractivity contribution in [3.05, 3.63) is 29.1 Å². The molecule has 25 heavy (non-hydrogen) atoms. The monoisotopic (exact) mass is 344 g/mol. The second kappa shape index (κ2) is 7.10. The number of fused-ring (bicyclic) bond motifs is 1. The van der Waals surface area contributed by atoms with Gasteiger partial charge in [0.2, 0.25) is 11.9 Å². The molecular weight excluding hydrogens is 320 g/mol. The number of rotatable bonds is 5. The third kappa shape index (κ3) is 3.74. The van der Waals surface area contributed by atoms with Gasteiger partial charge in [-0.15, -0.1) is 0 Å². The fourth-order valence-corrected chi connectivity index (χ4v) is 2.97. The second-order valence-corrected chi connectivity index (χ2v) is 6.24. The molecular formula is C17H24N6O2. The minimum Gasteiger partial charge on any atom is -0.493 e. The first-order valence-electron chi connectivity index (χ1n) is 8.14. The summed E-state index contributed by atoms with van der Waals surface area (Å²) < 4.78 is 10.8. The van der Waals surface area contributed by atoms with Gasteiger partial charge in [0.05, 0.1) is 20.8 Å². The number of ether oxygens (including phenoxy) is 2. The molecule has 0 saturated heterocycles. The minimum absolute atomic E-state index is 0.248. The summed E-state index contributed by atoms with van der Waals surface area (Å²) in [6, 6.07) is 4.12. The Bertz CT molecular complexity index is 765. The number of anilines is 2. The van der Waals surface area contributed by atoms with E-state index in [0.717, 1.165) is 31.0 Å². The highest BCUT2D eigenvalue weighted by Crippen LogP contribution is 2.33. The molecule has 0 spiro atoms. The second-order valence-electron chi connectivity index (χ2n) is 6.24. The van der Waals surface area contributed by atoms with Crippen LogP contribution in [-0.2, 0) is 19.5 Å². The van der Waals surface area contributed by atoms with Crippen LogP contribution in [0.15, 0.2) is 12.1 Å². The first kappa shape index (κ1) is 17.2. The third-order valence-corrected chi connectivity index (χ3v) is 4.25. The molecule has 0 fully saturated rings. The van der Waals surface area contributed by atoms with E-state index in [1.165, 1.54) is 11.1 Å². The van der Waals surface area contributed by atoms with E-state index in [2.05, 4.69) is 25.9 Å². The van der Waals surface area contributed by atoms with Crippen molar-refractivity contribution in [3.63, 3.8) is 0 Å². The minimum atomic E-state index is 0.248. The number of nitrogens with zero attached hydrogens (tertiary/aromatic N) is 5. The molecule has 0 atom stereocenters. The summed E-state index contributed by atoms with van der Waals surface area (Å²) in [6.45, 7) is 2.35. The Balaban J connectivity index is 1.79. The largest absolute Gasteiger partial charge is 0.493 e. The molecule has 8 heteroatoms. The fraction of sp³-hybridized carbons (Fsp3) is 0.471. The van der Waals surface area contributed by atoms with Crippen molar-refractivity contribution in [2.24, 2.45) is 0 Å². The van der Waals surface area contributed by atoms with Crippen LogP contribution in [-0.4, -0.2) is 54.7 Å². The first-order chi connectivity index (χ1) is 12.0. The summed E-state index contributed by atoms with van der Waals surface area (Å²) in [6.07, 6.45) is 0.941.